The van der Waals surface area contributed by atoms with E-state index < -0.39 is 0 Å². The van der Waals surface area contributed by atoms with Gasteiger partial charge >= 0.3 is 0 Å². The number of likely N-dealkylation sites (N-methyl/N-ethyl adjacent to an activating group) is 1. The average Bonchev–Trinajstić information content (AvgIpc) is 2.56. The van der Waals surface area contributed by atoms with E-state index in [-0.39, 0.29) is 48.8 Å². The average molecular weight is 399 g/mol. The maximum Gasteiger partial charge on any atom is 0.242 e. The minimum Gasteiger partial charge on any atom is -0.375 e. The number of halogens is 2. The van der Waals surface area contributed by atoms with Gasteiger partial charge in [0.2, 0.25) is 11.8 Å². The van der Waals surface area contributed by atoms with Crippen LogP contribution in [-0.4, -0.2) is 97.6 Å². The van der Waals surface area contributed by atoms with Crippen molar-refractivity contribution in [3.05, 3.63) is 0 Å². The zero-order chi connectivity index (χ0) is 16.8. The quantitative estimate of drug-likeness (QED) is 0.717. The predicted molar refractivity (Wildman–Crippen MR) is 103 cm³/mol. The number of ether oxygens (including phenoxy) is 1. The lowest BCUT2D eigenvalue weighted by Gasteiger charge is -2.39. The molecule has 1 N–H and O–H groups in total. The van der Waals surface area contributed by atoms with Crippen LogP contribution in [-0.2, 0) is 14.3 Å². The number of hydrogen-bond donors (Lipinski definition) is 1. The van der Waals surface area contributed by atoms with E-state index in [1.807, 2.05) is 30.6 Å². The summed E-state index contributed by atoms with van der Waals surface area (Å²) in [4.78, 5) is 30.6. The molecule has 0 aliphatic carbocycles. The third-order valence-electron chi connectivity index (χ3n) is 4.74. The third-order valence-corrected chi connectivity index (χ3v) is 4.74. The SMILES string of the molecule is CCN(CC)C(=O)CN1CCN(C(=O)[C@H]2NCCO[C@@H]2C)CC1.Cl.Cl. The van der Waals surface area contributed by atoms with Gasteiger partial charge in [0, 0.05) is 45.8 Å². The molecule has 0 unspecified atom stereocenters. The maximum atomic E-state index is 12.6. The van der Waals surface area contributed by atoms with Gasteiger partial charge in [0.25, 0.3) is 0 Å². The van der Waals surface area contributed by atoms with Crippen molar-refractivity contribution in [3.8, 4) is 0 Å². The van der Waals surface area contributed by atoms with E-state index in [0.29, 0.717) is 26.2 Å². The summed E-state index contributed by atoms with van der Waals surface area (Å²) in [7, 11) is 0. The molecule has 2 heterocycles. The minimum absolute atomic E-state index is 0. The van der Waals surface area contributed by atoms with Crippen LogP contribution in [0.25, 0.3) is 0 Å². The van der Waals surface area contributed by atoms with E-state index >= 15 is 0 Å². The Hall–Kier alpha value is -0.600. The van der Waals surface area contributed by atoms with Crippen LogP contribution in [0.4, 0.5) is 0 Å². The summed E-state index contributed by atoms with van der Waals surface area (Å²) in [5.74, 6) is 0.290. The van der Waals surface area contributed by atoms with Crippen LogP contribution in [0, 0.1) is 0 Å². The van der Waals surface area contributed by atoms with E-state index in [4.69, 9.17) is 4.74 Å². The first-order valence-electron chi connectivity index (χ1n) is 8.70. The summed E-state index contributed by atoms with van der Waals surface area (Å²) in [6.45, 7) is 12.1. The highest BCUT2D eigenvalue weighted by atomic mass is 35.5. The van der Waals surface area contributed by atoms with Gasteiger partial charge < -0.3 is 19.9 Å². The fourth-order valence-electron chi connectivity index (χ4n) is 3.20. The summed E-state index contributed by atoms with van der Waals surface area (Å²) >= 11 is 0. The van der Waals surface area contributed by atoms with Gasteiger partial charge in [-0.25, -0.2) is 0 Å². The third kappa shape index (κ3) is 6.57. The first-order chi connectivity index (χ1) is 11.1. The van der Waals surface area contributed by atoms with Crippen LogP contribution in [0.5, 0.6) is 0 Å². The molecule has 2 aliphatic rings. The molecule has 2 atom stereocenters. The highest BCUT2D eigenvalue weighted by Crippen LogP contribution is 2.10. The highest BCUT2D eigenvalue weighted by molar-refractivity contribution is 5.85. The van der Waals surface area contributed by atoms with E-state index in [1.165, 1.54) is 0 Å². The molecule has 148 valence electrons. The van der Waals surface area contributed by atoms with E-state index in [2.05, 4.69) is 10.2 Å². The van der Waals surface area contributed by atoms with Crippen molar-refractivity contribution < 1.29 is 14.3 Å². The number of morpholine rings is 1. The minimum atomic E-state index is -0.243. The monoisotopic (exact) mass is 398 g/mol. The summed E-state index contributed by atoms with van der Waals surface area (Å²) in [6, 6.07) is -0.243. The Bertz CT molecular complexity index is 416. The second-order valence-corrected chi connectivity index (χ2v) is 6.18. The van der Waals surface area contributed by atoms with Crippen molar-refractivity contribution in [2.24, 2.45) is 0 Å². The molecule has 7 nitrogen and oxygen atoms in total. The van der Waals surface area contributed by atoms with Crippen molar-refractivity contribution in [3.63, 3.8) is 0 Å². The summed E-state index contributed by atoms with van der Waals surface area (Å²) < 4.78 is 5.56. The molecular weight excluding hydrogens is 367 g/mol. The van der Waals surface area contributed by atoms with Gasteiger partial charge in [-0.3, -0.25) is 14.5 Å². The largest absolute Gasteiger partial charge is 0.375 e. The van der Waals surface area contributed by atoms with Crippen LogP contribution in [0.3, 0.4) is 0 Å². The lowest BCUT2D eigenvalue weighted by molar-refractivity contribution is -0.141. The first kappa shape index (κ1) is 24.4. The van der Waals surface area contributed by atoms with Crippen LogP contribution in [0.2, 0.25) is 0 Å². The van der Waals surface area contributed by atoms with Crippen molar-refractivity contribution in [1.82, 2.24) is 20.0 Å². The molecule has 0 aromatic carbocycles. The fourth-order valence-corrected chi connectivity index (χ4v) is 3.20. The zero-order valence-corrected chi connectivity index (χ0v) is 17.0. The predicted octanol–water partition coefficient (Wildman–Crippen LogP) is 0.220. The van der Waals surface area contributed by atoms with E-state index in [1.54, 1.807) is 0 Å². The second kappa shape index (κ2) is 11.9. The Kier molecular flexibility index (Phi) is 11.6. The van der Waals surface area contributed by atoms with Crippen molar-refractivity contribution in [1.29, 1.82) is 0 Å². The maximum absolute atomic E-state index is 12.6. The van der Waals surface area contributed by atoms with Crippen LogP contribution >= 0.6 is 24.8 Å². The van der Waals surface area contributed by atoms with Gasteiger partial charge in [0.1, 0.15) is 6.04 Å². The molecule has 9 heteroatoms. The summed E-state index contributed by atoms with van der Waals surface area (Å²) in [6.07, 6.45) is -0.0847. The molecule has 25 heavy (non-hydrogen) atoms. The van der Waals surface area contributed by atoms with E-state index in [0.717, 1.165) is 32.7 Å². The van der Waals surface area contributed by atoms with Gasteiger partial charge in [0.05, 0.1) is 19.3 Å². The number of rotatable bonds is 5. The summed E-state index contributed by atoms with van der Waals surface area (Å²) in [5, 5.41) is 3.25. The molecule has 0 radical (unpaired) electrons. The lowest BCUT2D eigenvalue weighted by Crippen LogP contribution is -2.60. The molecule has 0 aromatic rings. The molecule has 0 bridgehead atoms. The molecule has 2 fully saturated rings. The smallest absolute Gasteiger partial charge is 0.242 e. The highest BCUT2D eigenvalue weighted by Gasteiger charge is 2.33. The number of nitrogens with one attached hydrogen (secondary N) is 1. The summed E-state index contributed by atoms with van der Waals surface area (Å²) in [5.41, 5.74) is 0. The topological polar surface area (TPSA) is 65.1 Å². The number of piperazine rings is 1. The first-order valence-corrected chi connectivity index (χ1v) is 8.70. The van der Waals surface area contributed by atoms with Crippen LogP contribution < -0.4 is 5.32 Å². The van der Waals surface area contributed by atoms with Crippen molar-refractivity contribution in [2.45, 2.75) is 32.9 Å². The standard InChI is InChI=1S/C16H30N4O3.2ClH/c1-4-19(5-2)14(21)12-18-7-9-20(10-8-18)16(22)15-13(3)23-11-6-17-15;;/h13,15,17H,4-12H2,1-3H3;2*1H/t13-,15+;;/m1../s1. The van der Waals surface area contributed by atoms with Gasteiger partial charge in [-0.1, -0.05) is 0 Å². The van der Waals surface area contributed by atoms with Gasteiger partial charge in [0.15, 0.2) is 0 Å². The number of carbonyl (C=O) groups excluding carboxylic acids is 2. The normalized spacial score (nSPS) is 24.0. The van der Waals surface area contributed by atoms with Crippen LogP contribution in [0.15, 0.2) is 0 Å². The number of hydrogen-bond acceptors (Lipinski definition) is 5. The lowest BCUT2D eigenvalue weighted by atomic mass is 10.1. The number of nitrogens with zero attached hydrogens (tertiary/aromatic N) is 3. The molecular formula is C16H32Cl2N4O3. The molecule has 2 saturated heterocycles. The molecule has 2 amide bonds. The molecule has 2 rings (SSSR count). The Morgan fingerprint density at radius 3 is 2.24 bits per heavy atom. The fraction of sp³-hybridized carbons (Fsp3) is 0.875. The molecule has 0 spiro atoms. The Balaban J connectivity index is 0.00000288. The zero-order valence-electron chi connectivity index (χ0n) is 15.4. The van der Waals surface area contributed by atoms with Gasteiger partial charge in [-0.05, 0) is 20.8 Å². The Labute approximate surface area is 163 Å². The van der Waals surface area contributed by atoms with E-state index in [9.17, 15) is 9.59 Å². The van der Waals surface area contributed by atoms with Crippen LogP contribution in [0.1, 0.15) is 20.8 Å². The molecule has 0 saturated carbocycles. The molecule has 2 aliphatic heterocycles. The van der Waals surface area contributed by atoms with Crippen molar-refractivity contribution >= 4 is 36.6 Å². The van der Waals surface area contributed by atoms with Crippen molar-refractivity contribution in [2.75, 3.05) is 59.0 Å². The number of amides is 2. The second-order valence-electron chi connectivity index (χ2n) is 6.18. The Morgan fingerprint density at radius 2 is 1.72 bits per heavy atom. The number of carbonyl (C=O) groups is 2. The Morgan fingerprint density at radius 1 is 1.12 bits per heavy atom. The molecule has 0 aromatic heterocycles. The van der Waals surface area contributed by atoms with Gasteiger partial charge in [-0.15, -0.1) is 24.8 Å². The van der Waals surface area contributed by atoms with Gasteiger partial charge in [-0.2, -0.15) is 0 Å².